The van der Waals surface area contributed by atoms with Gasteiger partial charge in [-0.1, -0.05) is 30.7 Å². The third-order valence-corrected chi connectivity index (χ3v) is 2.44. The van der Waals surface area contributed by atoms with E-state index in [1.165, 1.54) is 0 Å². The Morgan fingerprint density at radius 2 is 1.94 bits per heavy atom. The minimum Gasteiger partial charge on any atom is -0.381 e. The fraction of sp³-hybridized carbons (Fsp3) is 0.462. The van der Waals surface area contributed by atoms with Crippen LogP contribution >= 0.6 is 11.6 Å². The Hall–Kier alpha value is -0.860. The van der Waals surface area contributed by atoms with Crippen LogP contribution in [0.5, 0.6) is 0 Å². The van der Waals surface area contributed by atoms with Crippen LogP contribution in [-0.4, -0.2) is 19.0 Å². The van der Waals surface area contributed by atoms with Crippen molar-refractivity contribution in [3.63, 3.8) is 0 Å². The van der Waals surface area contributed by atoms with Gasteiger partial charge in [-0.3, -0.25) is 4.79 Å². The first-order valence-corrected chi connectivity index (χ1v) is 5.94. The number of hydrogen-bond acceptors (Lipinski definition) is 2. The number of ketones is 1. The maximum atomic E-state index is 11.5. The molecule has 0 saturated heterocycles. The molecule has 0 aromatic heterocycles. The summed E-state index contributed by atoms with van der Waals surface area (Å²) in [4.78, 5) is 11.5. The van der Waals surface area contributed by atoms with Crippen molar-refractivity contribution in [2.45, 2.75) is 26.2 Å². The zero-order valence-electron chi connectivity index (χ0n) is 9.54. The van der Waals surface area contributed by atoms with Crippen molar-refractivity contribution in [3.8, 4) is 0 Å². The first kappa shape index (κ1) is 13.2. The second-order valence-electron chi connectivity index (χ2n) is 3.70. The highest BCUT2D eigenvalue weighted by Crippen LogP contribution is 2.10. The topological polar surface area (TPSA) is 26.3 Å². The summed E-state index contributed by atoms with van der Waals surface area (Å²) in [6.07, 6.45) is 1.95. The van der Waals surface area contributed by atoms with Crippen LogP contribution in [0.3, 0.4) is 0 Å². The van der Waals surface area contributed by atoms with Gasteiger partial charge in [0.2, 0.25) is 0 Å². The van der Waals surface area contributed by atoms with Crippen molar-refractivity contribution in [2.75, 3.05) is 13.2 Å². The highest BCUT2D eigenvalue weighted by atomic mass is 35.5. The van der Waals surface area contributed by atoms with Crippen molar-refractivity contribution in [1.82, 2.24) is 0 Å². The molecule has 16 heavy (non-hydrogen) atoms. The lowest BCUT2D eigenvalue weighted by atomic mass is 10.1. The van der Waals surface area contributed by atoms with Crippen LogP contribution in [0, 0.1) is 0 Å². The summed E-state index contributed by atoms with van der Waals surface area (Å²) in [5, 5.41) is 0.697. The molecule has 0 radical (unpaired) electrons. The maximum Gasteiger partial charge on any atom is 0.139 e. The molecule has 0 aliphatic carbocycles. The Balaban J connectivity index is 2.26. The number of Topliss-reactive ketones (excluding diaryl/α,β-unsaturated/α-hetero) is 1. The summed E-state index contributed by atoms with van der Waals surface area (Å²) in [5.74, 6) is 0.207. The number of carbonyl (C=O) groups is 1. The van der Waals surface area contributed by atoms with Crippen molar-refractivity contribution in [3.05, 3.63) is 34.9 Å². The van der Waals surface area contributed by atoms with Crippen LogP contribution < -0.4 is 0 Å². The molecule has 0 amide bonds. The first-order valence-electron chi connectivity index (χ1n) is 5.56. The Bertz CT molecular complexity index is 319. The normalized spacial score (nSPS) is 10.4. The van der Waals surface area contributed by atoms with Crippen LogP contribution in [0.15, 0.2) is 24.3 Å². The van der Waals surface area contributed by atoms with Gasteiger partial charge in [0.05, 0.1) is 6.61 Å². The Labute approximate surface area is 102 Å². The molecule has 1 aromatic carbocycles. The van der Waals surface area contributed by atoms with E-state index in [0.717, 1.165) is 18.6 Å². The fourth-order valence-corrected chi connectivity index (χ4v) is 1.48. The zero-order valence-corrected chi connectivity index (χ0v) is 10.3. The van der Waals surface area contributed by atoms with E-state index < -0.39 is 0 Å². The lowest BCUT2D eigenvalue weighted by Crippen LogP contribution is -2.07. The van der Waals surface area contributed by atoms with Gasteiger partial charge < -0.3 is 4.74 Å². The minimum absolute atomic E-state index is 0.207. The van der Waals surface area contributed by atoms with E-state index in [4.69, 9.17) is 16.3 Å². The molecule has 0 saturated carbocycles. The Morgan fingerprint density at radius 3 is 2.56 bits per heavy atom. The summed E-state index contributed by atoms with van der Waals surface area (Å²) in [6.45, 7) is 3.31. The van der Waals surface area contributed by atoms with E-state index >= 15 is 0 Å². The molecule has 0 aliphatic rings. The summed E-state index contributed by atoms with van der Waals surface area (Å²) in [7, 11) is 0. The first-order chi connectivity index (χ1) is 7.72. The molecule has 0 N–H and O–H groups in total. The van der Waals surface area contributed by atoms with E-state index in [1.54, 1.807) is 12.1 Å². The molecular formula is C13H17ClO2. The molecular weight excluding hydrogens is 224 g/mol. The third-order valence-electron chi connectivity index (χ3n) is 2.19. The number of benzene rings is 1. The lowest BCUT2D eigenvalue weighted by Gasteiger charge is -2.02. The summed E-state index contributed by atoms with van der Waals surface area (Å²) >= 11 is 5.76. The summed E-state index contributed by atoms with van der Waals surface area (Å²) < 4.78 is 5.27. The highest BCUT2D eigenvalue weighted by Gasteiger charge is 2.03. The van der Waals surface area contributed by atoms with E-state index in [2.05, 4.69) is 6.92 Å². The fourth-order valence-electron chi connectivity index (χ4n) is 1.35. The molecule has 88 valence electrons. The number of ether oxygens (including phenoxy) is 1. The van der Waals surface area contributed by atoms with Gasteiger partial charge in [0.15, 0.2) is 0 Å². The molecule has 0 spiro atoms. The lowest BCUT2D eigenvalue weighted by molar-refractivity contribution is -0.119. The van der Waals surface area contributed by atoms with E-state index in [1.807, 2.05) is 12.1 Å². The van der Waals surface area contributed by atoms with Crippen LogP contribution in [0.2, 0.25) is 5.02 Å². The van der Waals surface area contributed by atoms with Gasteiger partial charge in [0, 0.05) is 24.5 Å². The van der Waals surface area contributed by atoms with E-state index in [9.17, 15) is 4.79 Å². The monoisotopic (exact) mass is 240 g/mol. The average Bonchev–Trinajstić information content (AvgIpc) is 2.28. The predicted molar refractivity (Wildman–Crippen MR) is 65.9 cm³/mol. The van der Waals surface area contributed by atoms with Crippen LogP contribution in [0.4, 0.5) is 0 Å². The number of rotatable bonds is 7. The predicted octanol–water partition coefficient (Wildman–Crippen LogP) is 3.27. The second kappa shape index (κ2) is 7.42. The van der Waals surface area contributed by atoms with Crippen molar-refractivity contribution in [1.29, 1.82) is 0 Å². The van der Waals surface area contributed by atoms with Gasteiger partial charge in [0.1, 0.15) is 5.78 Å². The largest absolute Gasteiger partial charge is 0.381 e. The quantitative estimate of drug-likeness (QED) is 0.684. The number of carbonyl (C=O) groups excluding carboxylic acids is 1. The molecule has 0 fully saturated rings. The van der Waals surface area contributed by atoms with Gasteiger partial charge in [0.25, 0.3) is 0 Å². The minimum atomic E-state index is 0.207. The molecule has 2 nitrogen and oxygen atoms in total. The standard InChI is InChI=1S/C13H17ClO2/c1-2-8-16-9-7-13(15)10-11-3-5-12(14)6-4-11/h3-6H,2,7-10H2,1H3. The summed E-state index contributed by atoms with van der Waals surface area (Å²) in [6, 6.07) is 7.37. The smallest absolute Gasteiger partial charge is 0.139 e. The Kier molecular flexibility index (Phi) is 6.12. The van der Waals surface area contributed by atoms with Gasteiger partial charge in [-0.15, -0.1) is 0 Å². The molecule has 0 bridgehead atoms. The molecule has 1 aromatic rings. The van der Waals surface area contributed by atoms with Crippen molar-refractivity contribution >= 4 is 17.4 Å². The van der Waals surface area contributed by atoms with Crippen LogP contribution in [0.1, 0.15) is 25.3 Å². The van der Waals surface area contributed by atoms with Crippen LogP contribution in [-0.2, 0) is 16.0 Å². The van der Waals surface area contributed by atoms with Gasteiger partial charge in [-0.05, 0) is 24.1 Å². The average molecular weight is 241 g/mol. The van der Waals surface area contributed by atoms with Gasteiger partial charge >= 0.3 is 0 Å². The van der Waals surface area contributed by atoms with E-state index in [-0.39, 0.29) is 5.78 Å². The summed E-state index contributed by atoms with van der Waals surface area (Å²) in [5.41, 5.74) is 1.00. The van der Waals surface area contributed by atoms with Crippen LogP contribution in [0.25, 0.3) is 0 Å². The third kappa shape index (κ3) is 5.29. The molecule has 3 heteroatoms. The molecule has 1 rings (SSSR count). The SMILES string of the molecule is CCCOCCC(=O)Cc1ccc(Cl)cc1. The molecule has 0 unspecified atom stereocenters. The zero-order chi connectivity index (χ0) is 11.8. The van der Waals surface area contributed by atoms with Crippen molar-refractivity contribution in [2.24, 2.45) is 0 Å². The molecule has 0 atom stereocenters. The molecule has 0 aliphatic heterocycles. The highest BCUT2D eigenvalue weighted by molar-refractivity contribution is 6.30. The second-order valence-corrected chi connectivity index (χ2v) is 4.14. The maximum absolute atomic E-state index is 11.5. The van der Waals surface area contributed by atoms with Gasteiger partial charge in [-0.25, -0.2) is 0 Å². The van der Waals surface area contributed by atoms with Crippen molar-refractivity contribution < 1.29 is 9.53 Å². The molecule has 0 heterocycles. The van der Waals surface area contributed by atoms with Gasteiger partial charge in [-0.2, -0.15) is 0 Å². The van der Waals surface area contributed by atoms with E-state index in [0.29, 0.717) is 24.5 Å². The number of hydrogen-bond donors (Lipinski definition) is 0. The number of halogens is 1. The Morgan fingerprint density at radius 1 is 1.25 bits per heavy atom.